The molecule has 0 bridgehead atoms. The minimum Gasteiger partial charge on any atom is -0.497 e. The van der Waals surface area contributed by atoms with Gasteiger partial charge in [0.2, 0.25) is 5.91 Å². The highest BCUT2D eigenvalue weighted by atomic mass is 16.5. The number of anilines is 1. The number of carbonyl (C=O) groups is 1. The molecule has 0 spiro atoms. The molecule has 8 heteroatoms. The van der Waals surface area contributed by atoms with Crippen molar-refractivity contribution in [2.45, 2.75) is 32.2 Å². The number of aryl methyl sites for hydroxylation is 1. The highest BCUT2D eigenvalue weighted by Crippen LogP contribution is 2.31. The second-order valence-corrected chi connectivity index (χ2v) is 7.64. The topological polar surface area (TPSA) is 91.0 Å². The standard InChI is InChI=1S/C21H25N5O3/c1-25-18-8-7-17(29-2)9-19(18)26(21(25)28)12-14-3-5-15(6-4-14)20(27)24-16-10-22-13-23-11-16/h7-11,13-15H,3-6,12H2,1-2H3,(H,24,27). The molecule has 29 heavy (non-hydrogen) atoms. The van der Waals surface area contributed by atoms with Gasteiger partial charge in [-0.3, -0.25) is 13.9 Å². The van der Waals surface area contributed by atoms with Crippen molar-refractivity contribution in [1.29, 1.82) is 0 Å². The Kier molecular flexibility index (Phi) is 5.33. The van der Waals surface area contributed by atoms with E-state index >= 15 is 0 Å². The quantitative estimate of drug-likeness (QED) is 0.717. The van der Waals surface area contributed by atoms with Crippen molar-refractivity contribution in [3.63, 3.8) is 0 Å². The summed E-state index contributed by atoms with van der Waals surface area (Å²) >= 11 is 0. The zero-order chi connectivity index (χ0) is 20.4. The molecule has 1 amide bonds. The number of amides is 1. The predicted octanol–water partition coefficient (Wildman–Crippen LogP) is 2.58. The van der Waals surface area contributed by atoms with Gasteiger partial charge < -0.3 is 10.1 Å². The van der Waals surface area contributed by atoms with Crippen LogP contribution in [0.15, 0.2) is 41.7 Å². The van der Waals surface area contributed by atoms with Crippen molar-refractivity contribution < 1.29 is 9.53 Å². The van der Waals surface area contributed by atoms with Gasteiger partial charge in [-0.15, -0.1) is 0 Å². The highest BCUT2D eigenvalue weighted by molar-refractivity contribution is 5.92. The number of ether oxygens (including phenoxy) is 1. The van der Waals surface area contributed by atoms with Gasteiger partial charge in [0.05, 0.1) is 36.2 Å². The van der Waals surface area contributed by atoms with Gasteiger partial charge in [0.25, 0.3) is 0 Å². The van der Waals surface area contributed by atoms with Gasteiger partial charge in [0.1, 0.15) is 12.1 Å². The van der Waals surface area contributed by atoms with E-state index in [9.17, 15) is 9.59 Å². The second kappa shape index (κ2) is 8.06. The van der Waals surface area contributed by atoms with Gasteiger partial charge in [0, 0.05) is 25.6 Å². The second-order valence-electron chi connectivity index (χ2n) is 7.64. The van der Waals surface area contributed by atoms with Crippen LogP contribution < -0.4 is 15.7 Å². The van der Waals surface area contributed by atoms with E-state index in [0.717, 1.165) is 42.5 Å². The van der Waals surface area contributed by atoms with Crippen molar-refractivity contribution in [2.24, 2.45) is 18.9 Å². The van der Waals surface area contributed by atoms with Gasteiger partial charge in [-0.25, -0.2) is 14.8 Å². The maximum atomic E-state index is 12.7. The molecule has 1 aromatic carbocycles. The van der Waals surface area contributed by atoms with Crippen molar-refractivity contribution in [3.05, 3.63) is 47.4 Å². The Hall–Kier alpha value is -3.16. The summed E-state index contributed by atoms with van der Waals surface area (Å²) in [5.74, 6) is 1.11. The van der Waals surface area contributed by atoms with E-state index < -0.39 is 0 Å². The fourth-order valence-electron chi connectivity index (χ4n) is 4.17. The molecule has 8 nitrogen and oxygen atoms in total. The molecule has 152 valence electrons. The molecule has 1 saturated carbocycles. The fraction of sp³-hybridized carbons (Fsp3) is 0.429. The first kappa shape index (κ1) is 19.2. The van der Waals surface area contributed by atoms with Gasteiger partial charge >= 0.3 is 5.69 Å². The van der Waals surface area contributed by atoms with Gasteiger partial charge in [0.15, 0.2) is 0 Å². The van der Waals surface area contributed by atoms with E-state index in [1.807, 2.05) is 22.8 Å². The summed E-state index contributed by atoms with van der Waals surface area (Å²) in [6.45, 7) is 0.657. The van der Waals surface area contributed by atoms with Crippen molar-refractivity contribution in [1.82, 2.24) is 19.1 Å². The fourth-order valence-corrected chi connectivity index (χ4v) is 4.17. The Morgan fingerprint density at radius 2 is 1.90 bits per heavy atom. The minimum atomic E-state index is -0.0178. The van der Waals surface area contributed by atoms with Crippen LogP contribution >= 0.6 is 0 Å². The zero-order valence-corrected chi connectivity index (χ0v) is 16.7. The van der Waals surface area contributed by atoms with Crippen molar-refractivity contribution >= 4 is 22.6 Å². The van der Waals surface area contributed by atoms with Crippen LogP contribution in [0.3, 0.4) is 0 Å². The smallest absolute Gasteiger partial charge is 0.328 e. The summed E-state index contributed by atoms with van der Waals surface area (Å²) in [4.78, 5) is 33.1. The lowest BCUT2D eigenvalue weighted by atomic mass is 9.81. The third-order valence-corrected chi connectivity index (χ3v) is 5.84. The molecule has 1 fully saturated rings. The Morgan fingerprint density at radius 1 is 1.17 bits per heavy atom. The summed E-state index contributed by atoms with van der Waals surface area (Å²) in [5.41, 5.74) is 2.39. The summed E-state index contributed by atoms with van der Waals surface area (Å²) < 4.78 is 8.84. The minimum absolute atomic E-state index is 0.0165. The molecule has 0 unspecified atom stereocenters. The number of methoxy groups -OCH3 is 1. The highest BCUT2D eigenvalue weighted by Gasteiger charge is 2.27. The third-order valence-electron chi connectivity index (χ3n) is 5.84. The van der Waals surface area contributed by atoms with Crippen molar-refractivity contribution in [2.75, 3.05) is 12.4 Å². The lowest BCUT2D eigenvalue weighted by Gasteiger charge is -2.28. The number of aromatic nitrogens is 4. The number of carbonyl (C=O) groups excluding carboxylic acids is 1. The number of benzene rings is 1. The van der Waals surface area contributed by atoms with Gasteiger partial charge in [-0.2, -0.15) is 0 Å². The summed E-state index contributed by atoms with van der Waals surface area (Å²) in [5, 5.41) is 2.89. The number of imidazole rings is 1. The SMILES string of the molecule is COc1ccc2c(c1)n(CC1CCC(C(=O)Nc3cncnc3)CC1)c(=O)n2C. The van der Waals surface area contributed by atoms with Crippen LogP contribution in [0.5, 0.6) is 5.75 Å². The maximum absolute atomic E-state index is 12.7. The number of hydrogen-bond donors (Lipinski definition) is 1. The van der Waals surface area contributed by atoms with Crippen LogP contribution in [-0.2, 0) is 18.4 Å². The molecule has 2 heterocycles. The first-order valence-electron chi connectivity index (χ1n) is 9.86. The number of nitrogens with zero attached hydrogens (tertiary/aromatic N) is 4. The van der Waals surface area contributed by atoms with Crippen LogP contribution in [-0.4, -0.2) is 32.1 Å². The molecule has 0 aliphatic heterocycles. The van der Waals surface area contributed by atoms with Gasteiger partial charge in [-0.1, -0.05) is 0 Å². The van der Waals surface area contributed by atoms with E-state index in [1.165, 1.54) is 6.33 Å². The van der Waals surface area contributed by atoms with E-state index in [-0.39, 0.29) is 17.5 Å². The molecular formula is C21H25N5O3. The number of rotatable bonds is 5. The monoisotopic (exact) mass is 395 g/mol. The maximum Gasteiger partial charge on any atom is 0.328 e. The van der Waals surface area contributed by atoms with E-state index in [2.05, 4.69) is 15.3 Å². The number of hydrogen-bond acceptors (Lipinski definition) is 5. The van der Waals surface area contributed by atoms with Crippen LogP contribution in [0.1, 0.15) is 25.7 Å². The van der Waals surface area contributed by atoms with E-state index in [1.54, 1.807) is 31.1 Å². The Morgan fingerprint density at radius 3 is 2.59 bits per heavy atom. The molecule has 1 aliphatic rings. The lowest BCUT2D eigenvalue weighted by Crippen LogP contribution is -2.30. The predicted molar refractivity (Wildman–Crippen MR) is 110 cm³/mol. The molecule has 0 saturated heterocycles. The van der Waals surface area contributed by atoms with Crippen LogP contribution in [0.4, 0.5) is 5.69 Å². The summed E-state index contributed by atoms with van der Waals surface area (Å²) in [6, 6.07) is 5.70. The third kappa shape index (κ3) is 3.87. The molecule has 3 aromatic rings. The van der Waals surface area contributed by atoms with Crippen LogP contribution in [0.25, 0.3) is 11.0 Å². The molecule has 1 N–H and O–H groups in total. The molecule has 1 aliphatic carbocycles. The largest absolute Gasteiger partial charge is 0.497 e. The molecule has 0 atom stereocenters. The van der Waals surface area contributed by atoms with Crippen LogP contribution in [0, 0.1) is 11.8 Å². The average molecular weight is 395 g/mol. The van der Waals surface area contributed by atoms with E-state index in [0.29, 0.717) is 18.2 Å². The Balaban J connectivity index is 1.43. The molecule has 2 aromatic heterocycles. The Bertz CT molecular complexity index is 1070. The van der Waals surface area contributed by atoms with Crippen LogP contribution in [0.2, 0.25) is 0 Å². The normalized spacial score (nSPS) is 19.2. The summed E-state index contributed by atoms with van der Waals surface area (Å²) in [7, 11) is 3.42. The lowest BCUT2D eigenvalue weighted by molar-refractivity contribution is -0.121. The van der Waals surface area contributed by atoms with Gasteiger partial charge in [-0.05, 0) is 43.7 Å². The first-order valence-corrected chi connectivity index (χ1v) is 9.86. The first-order chi connectivity index (χ1) is 14.1. The molecule has 0 radical (unpaired) electrons. The van der Waals surface area contributed by atoms with Crippen molar-refractivity contribution in [3.8, 4) is 5.75 Å². The molecular weight excluding hydrogens is 370 g/mol. The Labute approximate surface area is 168 Å². The number of nitrogens with one attached hydrogen (secondary N) is 1. The number of fused-ring (bicyclic) bond motifs is 1. The average Bonchev–Trinajstić information content (AvgIpc) is 2.99. The summed E-state index contributed by atoms with van der Waals surface area (Å²) in [6.07, 6.45) is 8.08. The zero-order valence-electron chi connectivity index (χ0n) is 16.7. The molecule has 4 rings (SSSR count). The van der Waals surface area contributed by atoms with E-state index in [4.69, 9.17) is 4.74 Å².